The number of nitrogens with zero attached hydrogens (tertiary/aromatic N) is 3. The van der Waals surface area contributed by atoms with E-state index in [0.717, 1.165) is 5.69 Å². The Labute approximate surface area is 105 Å². The van der Waals surface area contributed by atoms with E-state index in [0.29, 0.717) is 22.2 Å². The van der Waals surface area contributed by atoms with E-state index < -0.39 is 0 Å². The number of hydrogen-bond acceptors (Lipinski definition) is 5. The maximum absolute atomic E-state index is 5.67. The number of aromatic nitrogens is 3. The number of pyridine rings is 1. The summed E-state index contributed by atoms with van der Waals surface area (Å²) in [6.07, 6.45) is 0. The van der Waals surface area contributed by atoms with Crippen molar-refractivity contribution in [2.45, 2.75) is 5.33 Å². The van der Waals surface area contributed by atoms with Gasteiger partial charge in [0, 0.05) is 5.33 Å². The fourth-order valence-electron chi connectivity index (χ4n) is 1.17. The van der Waals surface area contributed by atoms with Crippen molar-refractivity contribution < 1.29 is 0 Å². The lowest BCUT2D eigenvalue weighted by Crippen LogP contribution is -2.02. The van der Waals surface area contributed by atoms with Crippen molar-refractivity contribution >= 4 is 55.7 Å². The Morgan fingerprint density at radius 1 is 1.13 bits per heavy atom. The molecule has 0 fully saturated rings. The molecule has 4 N–H and O–H groups in total. The van der Waals surface area contributed by atoms with Crippen LogP contribution in [0.4, 0.5) is 11.8 Å². The molecule has 0 spiro atoms. The Morgan fingerprint density at radius 3 is 2.53 bits per heavy atom. The Hall–Kier alpha value is -0.950. The summed E-state index contributed by atoms with van der Waals surface area (Å²) in [4.78, 5) is 12.1. The number of nitrogen functional groups attached to an aromatic ring is 2. The van der Waals surface area contributed by atoms with Gasteiger partial charge in [-0.05, 0) is 12.1 Å². The fraction of sp³-hybridized carbons (Fsp3) is 0.125. The Kier molecular flexibility index (Phi) is 3.81. The highest BCUT2D eigenvalue weighted by Crippen LogP contribution is 2.17. The first-order valence-electron chi connectivity index (χ1n) is 3.95. The molecule has 5 nitrogen and oxygen atoms in total. The van der Waals surface area contributed by atoms with Crippen molar-refractivity contribution in [2.24, 2.45) is 0 Å². The first-order chi connectivity index (χ1) is 6.70. The third-order valence-corrected chi connectivity index (χ3v) is 2.36. The largest absolute Gasteiger partial charge is 0.382 e. The minimum absolute atomic E-state index is 0. The molecule has 0 unspecified atom stereocenters. The summed E-state index contributed by atoms with van der Waals surface area (Å²) in [6, 6.07) is 3.69. The van der Waals surface area contributed by atoms with Crippen LogP contribution in [-0.4, -0.2) is 15.0 Å². The van der Waals surface area contributed by atoms with Crippen LogP contribution in [0.1, 0.15) is 5.69 Å². The molecule has 2 aromatic rings. The molecule has 0 bridgehead atoms. The van der Waals surface area contributed by atoms with Gasteiger partial charge in [-0.1, -0.05) is 15.9 Å². The summed E-state index contributed by atoms with van der Waals surface area (Å²) < 4.78 is 0. The second-order valence-corrected chi connectivity index (χ2v) is 3.33. The quantitative estimate of drug-likeness (QED) is 0.774. The molecule has 2 aromatic heterocycles. The smallest absolute Gasteiger partial charge is 0.222 e. The lowest BCUT2D eigenvalue weighted by molar-refractivity contribution is 1.18. The number of alkyl halides is 1. The molecular weight excluding hydrogens is 326 g/mol. The van der Waals surface area contributed by atoms with Gasteiger partial charge in [0.1, 0.15) is 5.52 Å². The molecule has 0 aliphatic rings. The number of rotatable bonds is 1. The monoisotopic (exact) mass is 333 g/mol. The Morgan fingerprint density at radius 2 is 1.87 bits per heavy atom. The van der Waals surface area contributed by atoms with Crippen LogP contribution in [0.2, 0.25) is 0 Å². The molecule has 0 aliphatic heterocycles. The highest BCUT2D eigenvalue weighted by Gasteiger charge is 2.04. The van der Waals surface area contributed by atoms with Gasteiger partial charge in [-0.25, -0.2) is 9.97 Å². The van der Waals surface area contributed by atoms with Crippen molar-refractivity contribution in [2.75, 3.05) is 11.5 Å². The predicted molar refractivity (Wildman–Crippen MR) is 69.1 cm³/mol. The van der Waals surface area contributed by atoms with Crippen LogP contribution in [0.5, 0.6) is 0 Å². The number of hydrogen-bond donors (Lipinski definition) is 2. The van der Waals surface area contributed by atoms with Gasteiger partial charge in [0.05, 0.1) is 11.2 Å². The minimum atomic E-state index is 0. The number of anilines is 2. The normalized spacial score (nSPS) is 9.93. The molecule has 2 rings (SSSR count). The molecule has 0 radical (unpaired) electrons. The number of halogens is 2. The van der Waals surface area contributed by atoms with Gasteiger partial charge in [0.25, 0.3) is 0 Å². The summed E-state index contributed by atoms with van der Waals surface area (Å²) in [5.74, 6) is 0.485. The molecule has 15 heavy (non-hydrogen) atoms. The van der Waals surface area contributed by atoms with Crippen LogP contribution in [0.25, 0.3) is 11.0 Å². The topological polar surface area (TPSA) is 90.7 Å². The molecule has 0 aromatic carbocycles. The maximum atomic E-state index is 5.67. The van der Waals surface area contributed by atoms with E-state index >= 15 is 0 Å². The second kappa shape index (κ2) is 4.71. The zero-order valence-electron chi connectivity index (χ0n) is 7.64. The van der Waals surface area contributed by atoms with Crippen LogP contribution in [0, 0.1) is 0 Å². The van der Waals surface area contributed by atoms with Gasteiger partial charge in [-0.2, -0.15) is 4.98 Å². The Balaban J connectivity index is 0.00000112. The van der Waals surface area contributed by atoms with Crippen LogP contribution >= 0.6 is 32.9 Å². The standard InChI is InChI=1S/C8H8BrN5.BrH/c9-3-4-1-2-5-6(12-4)7(10)14-8(11)13-5;/h1-2H,3H2,(H4,10,11,13,14);1H. The number of nitrogens with two attached hydrogens (primary N) is 2. The third kappa shape index (κ3) is 2.35. The molecule has 0 amide bonds. The highest BCUT2D eigenvalue weighted by molar-refractivity contribution is 9.08. The molecule has 80 valence electrons. The summed E-state index contributed by atoms with van der Waals surface area (Å²) >= 11 is 3.31. The summed E-state index contributed by atoms with van der Waals surface area (Å²) in [6.45, 7) is 0. The fourth-order valence-corrected chi connectivity index (χ4v) is 1.48. The van der Waals surface area contributed by atoms with E-state index in [1.807, 2.05) is 12.1 Å². The zero-order valence-corrected chi connectivity index (χ0v) is 10.9. The summed E-state index contributed by atoms with van der Waals surface area (Å²) in [7, 11) is 0. The SMILES string of the molecule is Br.Nc1nc(N)c2nc(CBr)ccc2n1. The summed E-state index contributed by atoms with van der Waals surface area (Å²) in [5.41, 5.74) is 13.3. The molecule has 7 heteroatoms. The predicted octanol–water partition coefficient (Wildman–Crippen LogP) is 1.66. The lowest BCUT2D eigenvalue weighted by atomic mass is 10.3. The van der Waals surface area contributed by atoms with E-state index in [1.165, 1.54) is 0 Å². The molecule has 0 saturated heterocycles. The number of fused-ring (bicyclic) bond motifs is 1. The van der Waals surface area contributed by atoms with Crippen molar-refractivity contribution in [1.29, 1.82) is 0 Å². The van der Waals surface area contributed by atoms with Gasteiger partial charge in [-0.3, -0.25) is 0 Å². The van der Waals surface area contributed by atoms with Gasteiger partial charge < -0.3 is 11.5 Å². The van der Waals surface area contributed by atoms with Gasteiger partial charge >= 0.3 is 0 Å². The summed E-state index contributed by atoms with van der Waals surface area (Å²) in [5, 5.41) is 0.673. The third-order valence-electron chi connectivity index (χ3n) is 1.78. The van der Waals surface area contributed by atoms with E-state index in [9.17, 15) is 0 Å². The zero-order chi connectivity index (χ0) is 10.1. The van der Waals surface area contributed by atoms with Gasteiger partial charge in [0.15, 0.2) is 5.82 Å². The van der Waals surface area contributed by atoms with Crippen molar-refractivity contribution in [1.82, 2.24) is 15.0 Å². The first kappa shape index (κ1) is 12.1. The second-order valence-electron chi connectivity index (χ2n) is 2.77. The molecule has 0 aliphatic carbocycles. The van der Waals surface area contributed by atoms with E-state index in [4.69, 9.17) is 11.5 Å². The van der Waals surface area contributed by atoms with E-state index in [-0.39, 0.29) is 22.9 Å². The molecule has 0 saturated carbocycles. The molecular formula is C8H9Br2N5. The minimum Gasteiger partial charge on any atom is -0.382 e. The lowest BCUT2D eigenvalue weighted by Gasteiger charge is -2.02. The van der Waals surface area contributed by atoms with E-state index in [2.05, 4.69) is 30.9 Å². The Bertz CT molecular complexity index is 488. The van der Waals surface area contributed by atoms with Crippen molar-refractivity contribution in [3.05, 3.63) is 17.8 Å². The van der Waals surface area contributed by atoms with Crippen LogP contribution in [0.3, 0.4) is 0 Å². The van der Waals surface area contributed by atoms with Crippen molar-refractivity contribution in [3.8, 4) is 0 Å². The first-order valence-corrected chi connectivity index (χ1v) is 5.07. The van der Waals surface area contributed by atoms with Gasteiger partial charge in [0.2, 0.25) is 5.95 Å². The van der Waals surface area contributed by atoms with Crippen molar-refractivity contribution in [3.63, 3.8) is 0 Å². The molecule has 2 heterocycles. The van der Waals surface area contributed by atoms with Crippen LogP contribution < -0.4 is 11.5 Å². The maximum Gasteiger partial charge on any atom is 0.222 e. The van der Waals surface area contributed by atoms with E-state index in [1.54, 1.807) is 0 Å². The van der Waals surface area contributed by atoms with Crippen LogP contribution in [0.15, 0.2) is 12.1 Å². The average Bonchev–Trinajstić information content (AvgIpc) is 2.17. The molecule has 0 atom stereocenters. The highest BCUT2D eigenvalue weighted by atomic mass is 79.9. The van der Waals surface area contributed by atoms with Crippen LogP contribution in [-0.2, 0) is 5.33 Å². The average molecular weight is 335 g/mol. The van der Waals surface area contributed by atoms with Gasteiger partial charge in [-0.15, -0.1) is 17.0 Å².